The molecule has 1 saturated heterocycles. The molecule has 21 heavy (non-hydrogen) atoms. The second-order valence-electron chi connectivity index (χ2n) is 5.52. The minimum Gasteiger partial charge on any atom is -0.481 e. The van der Waals surface area contributed by atoms with Gasteiger partial charge < -0.3 is 25.0 Å². The van der Waals surface area contributed by atoms with Gasteiger partial charge in [0, 0.05) is 33.8 Å². The van der Waals surface area contributed by atoms with Crippen LogP contribution >= 0.6 is 0 Å². The number of carboxylic acids is 1. The molecule has 120 valence electrons. The van der Waals surface area contributed by atoms with Crippen LogP contribution in [0.5, 0.6) is 0 Å². The maximum atomic E-state index is 12.2. The minimum atomic E-state index is -0.906. The molecule has 1 rings (SSSR count). The lowest BCUT2D eigenvalue weighted by molar-refractivity contribution is -0.147. The largest absolute Gasteiger partial charge is 0.481 e. The molecule has 3 amide bonds. The lowest BCUT2D eigenvalue weighted by Crippen LogP contribution is -2.46. The normalized spacial score (nSPS) is 21.2. The van der Waals surface area contributed by atoms with Crippen molar-refractivity contribution in [2.45, 2.75) is 13.3 Å². The molecule has 0 aromatic heterocycles. The third kappa shape index (κ3) is 4.59. The van der Waals surface area contributed by atoms with Gasteiger partial charge in [-0.1, -0.05) is 0 Å². The van der Waals surface area contributed by atoms with Crippen molar-refractivity contribution in [1.29, 1.82) is 0 Å². The summed E-state index contributed by atoms with van der Waals surface area (Å²) in [6.07, 6.45) is 0.419. The Balaban J connectivity index is 2.45. The monoisotopic (exact) mass is 301 g/mol. The zero-order chi connectivity index (χ0) is 16.0. The molecule has 0 spiro atoms. The number of amides is 3. The predicted octanol–water partition coefficient (Wildman–Crippen LogP) is -0.403. The van der Waals surface area contributed by atoms with E-state index in [4.69, 9.17) is 9.84 Å². The molecule has 1 fully saturated rings. The molecule has 1 aliphatic rings. The Kier molecular flexibility index (Phi) is 5.95. The Morgan fingerprint density at radius 3 is 2.62 bits per heavy atom. The Bertz CT molecular complexity index is 415. The topological polar surface area (TPSA) is 99.2 Å². The van der Waals surface area contributed by atoms with Crippen molar-refractivity contribution in [3.8, 4) is 0 Å². The third-order valence-corrected chi connectivity index (χ3v) is 3.60. The predicted molar refractivity (Wildman–Crippen MR) is 74.8 cm³/mol. The van der Waals surface area contributed by atoms with Crippen LogP contribution in [0, 0.1) is 5.41 Å². The van der Waals surface area contributed by atoms with Gasteiger partial charge in [-0.25, -0.2) is 4.79 Å². The number of rotatable bonds is 6. The van der Waals surface area contributed by atoms with E-state index in [1.54, 1.807) is 6.92 Å². The summed E-state index contributed by atoms with van der Waals surface area (Å²) in [5, 5.41) is 11.8. The second kappa shape index (κ2) is 7.26. The van der Waals surface area contributed by atoms with Crippen LogP contribution in [0.2, 0.25) is 0 Å². The highest BCUT2D eigenvalue weighted by atomic mass is 16.5. The Morgan fingerprint density at radius 2 is 2.10 bits per heavy atom. The lowest BCUT2D eigenvalue weighted by atomic mass is 9.90. The maximum absolute atomic E-state index is 12.2. The molecule has 1 heterocycles. The first-order valence-corrected chi connectivity index (χ1v) is 6.79. The maximum Gasteiger partial charge on any atom is 0.320 e. The van der Waals surface area contributed by atoms with Gasteiger partial charge in [-0.05, 0) is 13.3 Å². The smallest absolute Gasteiger partial charge is 0.320 e. The number of ether oxygens (including phenoxy) is 1. The number of methoxy groups -OCH3 is 1. The van der Waals surface area contributed by atoms with Gasteiger partial charge in [-0.15, -0.1) is 0 Å². The molecular weight excluding hydrogens is 278 g/mol. The Labute approximate surface area is 124 Å². The van der Waals surface area contributed by atoms with Crippen molar-refractivity contribution in [2.75, 3.05) is 46.9 Å². The van der Waals surface area contributed by atoms with Crippen LogP contribution < -0.4 is 5.32 Å². The number of likely N-dealkylation sites (N-methyl/N-ethyl adjacent to an activating group) is 1. The van der Waals surface area contributed by atoms with Crippen LogP contribution in [0.25, 0.3) is 0 Å². The van der Waals surface area contributed by atoms with Crippen LogP contribution in [-0.2, 0) is 14.3 Å². The number of carboxylic acid groups (broad SMARTS) is 1. The number of aliphatic carboxylic acids is 1. The van der Waals surface area contributed by atoms with E-state index in [1.165, 1.54) is 24.0 Å². The van der Waals surface area contributed by atoms with Crippen molar-refractivity contribution in [1.82, 2.24) is 15.1 Å². The van der Waals surface area contributed by atoms with Crippen LogP contribution in [0.15, 0.2) is 0 Å². The Morgan fingerprint density at radius 1 is 1.43 bits per heavy atom. The first-order valence-electron chi connectivity index (χ1n) is 6.79. The zero-order valence-corrected chi connectivity index (χ0v) is 12.7. The van der Waals surface area contributed by atoms with E-state index >= 15 is 0 Å². The number of carbonyl (C=O) groups excluding carboxylic acids is 2. The van der Waals surface area contributed by atoms with E-state index in [-0.39, 0.29) is 25.0 Å². The second-order valence-corrected chi connectivity index (χ2v) is 5.52. The fourth-order valence-electron chi connectivity index (χ4n) is 2.17. The first-order chi connectivity index (χ1) is 9.80. The highest BCUT2D eigenvalue weighted by Gasteiger charge is 2.42. The van der Waals surface area contributed by atoms with Gasteiger partial charge in [0.2, 0.25) is 5.91 Å². The third-order valence-electron chi connectivity index (χ3n) is 3.60. The standard InChI is InChI=1S/C13H23N3O5/c1-13(11(18)19)4-6-16(9-13)12(20)15(2)8-10(17)14-5-7-21-3/h4-9H2,1-3H3,(H,14,17)(H,18,19). The summed E-state index contributed by atoms with van der Waals surface area (Å²) in [5.41, 5.74) is -0.906. The number of hydrogen-bond donors (Lipinski definition) is 2. The molecule has 1 atom stereocenters. The van der Waals surface area contributed by atoms with Crippen LogP contribution in [0.3, 0.4) is 0 Å². The number of urea groups is 1. The van der Waals surface area contributed by atoms with Crippen molar-refractivity contribution >= 4 is 17.9 Å². The fourth-order valence-corrected chi connectivity index (χ4v) is 2.17. The molecule has 0 aromatic rings. The molecule has 0 aromatic carbocycles. The summed E-state index contributed by atoms with van der Waals surface area (Å²) in [7, 11) is 3.06. The molecule has 2 N–H and O–H groups in total. The number of hydrogen-bond acceptors (Lipinski definition) is 4. The van der Waals surface area contributed by atoms with E-state index in [0.717, 1.165) is 0 Å². The molecule has 8 heteroatoms. The van der Waals surface area contributed by atoms with Crippen LogP contribution in [-0.4, -0.2) is 79.8 Å². The van der Waals surface area contributed by atoms with Crippen molar-refractivity contribution in [3.63, 3.8) is 0 Å². The first kappa shape index (κ1) is 17.2. The Hall–Kier alpha value is -1.83. The number of likely N-dealkylation sites (tertiary alicyclic amines) is 1. The summed E-state index contributed by atoms with van der Waals surface area (Å²) in [4.78, 5) is 37.7. The van der Waals surface area contributed by atoms with Gasteiger partial charge >= 0.3 is 12.0 Å². The van der Waals surface area contributed by atoms with Gasteiger partial charge in [0.1, 0.15) is 6.54 Å². The SMILES string of the molecule is COCCNC(=O)CN(C)C(=O)N1CCC(C)(C(=O)O)C1. The fraction of sp³-hybridized carbons (Fsp3) is 0.769. The summed E-state index contributed by atoms with van der Waals surface area (Å²) in [5.74, 6) is -1.18. The van der Waals surface area contributed by atoms with Gasteiger partial charge in [0.05, 0.1) is 12.0 Å². The molecule has 0 aliphatic carbocycles. The molecule has 0 radical (unpaired) electrons. The summed E-state index contributed by atoms with van der Waals surface area (Å²) in [6.45, 7) is 2.90. The highest BCUT2D eigenvalue weighted by molar-refractivity contribution is 5.84. The van der Waals surface area contributed by atoms with Crippen molar-refractivity contribution < 1.29 is 24.2 Å². The zero-order valence-electron chi connectivity index (χ0n) is 12.7. The van der Waals surface area contributed by atoms with Gasteiger partial charge in [0.25, 0.3) is 0 Å². The van der Waals surface area contributed by atoms with E-state index < -0.39 is 11.4 Å². The number of carbonyl (C=O) groups is 3. The van der Waals surface area contributed by atoms with Crippen molar-refractivity contribution in [3.05, 3.63) is 0 Å². The average Bonchev–Trinajstić information content (AvgIpc) is 2.82. The summed E-state index contributed by atoms with van der Waals surface area (Å²) in [6, 6.07) is -0.332. The number of nitrogens with zero attached hydrogens (tertiary/aromatic N) is 2. The molecule has 1 aliphatic heterocycles. The molecule has 0 bridgehead atoms. The van der Waals surface area contributed by atoms with E-state index in [1.807, 2.05) is 0 Å². The van der Waals surface area contributed by atoms with Gasteiger partial charge in [-0.3, -0.25) is 9.59 Å². The van der Waals surface area contributed by atoms with E-state index in [9.17, 15) is 14.4 Å². The number of nitrogens with one attached hydrogen (secondary N) is 1. The minimum absolute atomic E-state index is 0.0666. The molecule has 1 unspecified atom stereocenters. The van der Waals surface area contributed by atoms with E-state index in [2.05, 4.69) is 5.32 Å². The van der Waals surface area contributed by atoms with Crippen LogP contribution in [0.4, 0.5) is 4.79 Å². The van der Waals surface area contributed by atoms with E-state index in [0.29, 0.717) is 26.1 Å². The molecular formula is C13H23N3O5. The summed E-state index contributed by atoms with van der Waals surface area (Å²) < 4.78 is 4.81. The van der Waals surface area contributed by atoms with Gasteiger partial charge in [0.15, 0.2) is 0 Å². The van der Waals surface area contributed by atoms with Crippen molar-refractivity contribution in [2.24, 2.45) is 5.41 Å². The average molecular weight is 301 g/mol. The lowest BCUT2D eigenvalue weighted by Gasteiger charge is -2.25. The summed E-state index contributed by atoms with van der Waals surface area (Å²) >= 11 is 0. The van der Waals surface area contributed by atoms with Crippen LogP contribution in [0.1, 0.15) is 13.3 Å². The molecule has 8 nitrogen and oxygen atoms in total. The quantitative estimate of drug-likeness (QED) is 0.650. The van der Waals surface area contributed by atoms with Gasteiger partial charge in [-0.2, -0.15) is 0 Å². The highest BCUT2D eigenvalue weighted by Crippen LogP contribution is 2.30. The molecule has 0 saturated carbocycles.